The molecule has 2 heteroatoms. The van der Waals surface area contributed by atoms with Gasteiger partial charge in [-0.2, -0.15) is 0 Å². The Labute approximate surface area is 89.5 Å². The predicted octanol–water partition coefficient (Wildman–Crippen LogP) is 4.71. The average Bonchev–Trinajstić information content (AvgIpc) is 2.04. The summed E-state index contributed by atoms with van der Waals surface area (Å²) in [6.07, 6.45) is 7.09. The normalized spacial score (nSPS) is 16.0. The summed E-state index contributed by atoms with van der Waals surface area (Å²) in [6.45, 7) is 4.28. The van der Waals surface area contributed by atoms with Crippen LogP contribution in [0, 0.1) is 5.92 Å². The zero-order valence-corrected chi connectivity index (χ0v) is 10.3. The summed E-state index contributed by atoms with van der Waals surface area (Å²) in [6, 6.07) is 0. The molecule has 0 aliphatic rings. The van der Waals surface area contributed by atoms with Gasteiger partial charge in [0, 0.05) is 0 Å². The van der Waals surface area contributed by atoms with Gasteiger partial charge in [-0.05, 0) is 41.4 Å². The molecule has 0 aromatic rings. The second-order valence-corrected chi connectivity index (χ2v) is 4.54. The minimum atomic E-state index is -0.644. The maximum atomic E-state index is 12.9. The summed E-state index contributed by atoms with van der Waals surface area (Å²) < 4.78 is 12.2. The maximum absolute atomic E-state index is 12.9. The van der Waals surface area contributed by atoms with Gasteiger partial charge >= 0.3 is 0 Å². The van der Waals surface area contributed by atoms with E-state index in [9.17, 15) is 4.39 Å². The van der Waals surface area contributed by atoms with Gasteiger partial charge in [0.25, 0.3) is 0 Å². The van der Waals surface area contributed by atoms with E-state index in [1.807, 2.05) is 22.6 Å². The van der Waals surface area contributed by atoms with Crippen LogP contribution in [0.5, 0.6) is 0 Å². The number of hydrogen-bond acceptors (Lipinski definition) is 0. The molecule has 0 N–H and O–H groups in total. The topological polar surface area (TPSA) is 0 Å². The molecule has 74 valence electrons. The second kappa shape index (κ2) is 8.27. The van der Waals surface area contributed by atoms with Crippen LogP contribution in [0.1, 0.15) is 52.4 Å². The van der Waals surface area contributed by atoms with Crippen LogP contribution >= 0.6 is 22.6 Å². The molecule has 0 aliphatic carbocycles. The number of hydrogen-bond donors (Lipinski definition) is 0. The van der Waals surface area contributed by atoms with Gasteiger partial charge < -0.3 is 0 Å². The van der Waals surface area contributed by atoms with Crippen molar-refractivity contribution in [1.29, 1.82) is 0 Å². The lowest BCUT2D eigenvalue weighted by Crippen LogP contribution is -2.07. The first-order valence-corrected chi connectivity index (χ1v) is 6.25. The van der Waals surface area contributed by atoms with Crippen LogP contribution in [-0.4, -0.2) is 4.18 Å². The third-order valence-corrected chi connectivity index (χ3v) is 3.33. The lowest BCUT2D eigenvalue weighted by molar-refractivity contribution is 0.308. The van der Waals surface area contributed by atoms with Crippen LogP contribution in [0.2, 0.25) is 0 Å². The molecule has 0 spiro atoms. The fraction of sp³-hybridized carbons (Fsp3) is 1.00. The van der Waals surface area contributed by atoms with Gasteiger partial charge in [0.05, 0.1) is 0 Å². The smallest absolute Gasteiger partial charge is 0.154 e. The Balaban J connectivity index is 3.32. The lowest BCUT2D eigenvalue weighted by Gasteiger charge is -2.14. The molecule has 0 fully saturated rings. The molecule has 0 saturated heterocycles. The largest absolute Gasteiger partial charge is 0.236 e. The lowest BCUT2D eigenvalue weighted by atomic mass is 10.00. The van der Waals surface area contributed by atoms with Gasteiger partial charge in [-0.3, -0.25) is 0 Å². The molecule has 12 heavy (non-hydrogen) atoms. The Morgan fingerprint density at radius 2 is 1.83 bits per heavy atom. The molecule has 0 aromatic heterocycles. The molecule has 0 radical (unpaired) electrons. The van der Waals surface area contributed by atoms with Crippen LogP contribution in [0.15, 0.2) is 0 Å². The fourth-order valence-corrected chi connectivity index (χ4v) is 2.21. The van der Waals surface area contributed by atoms with Crippen LogP contribution in [0.4, 0.5) is 4.39 Å². The highest BCUT2D eigenvalue weighted by atomic mass is 127. The molecule has 0 heterocycles. The van der Waals surface area contributed by atoms with E-state index in [0.717, 1.165) is 12.8 Å². The minimum absolute atomic E-state index is 0.294. The highest BCUT2D eigenvalue weighted by Gasteiger charge is 2.14. The molecule has 0 rings (SSSR count). The van der Waals surface area contributed by atoms with E-state index in [4.69, 9.17) is 0 Å². The monoisotopic (exact) mass is 286 g/mol. The van der Waals surface area contributed by atoms with Crippen molar-refractivity contribution in [3.05, 3.63) is 0 Å². The molecular formula is C10H20FI. The predicted molar refractivity (Wildman–Crippen MR) is 61.5 cm³/mol. The van der Waals surface area contributed by atoms with Crippen molar-refractivity contribution in [3.8, 4) is 0 Å². The summed E-state index contributed by atoms with van der Waals surface area (Å²) in [5.74, 6) is 0.294. The van der Waals surface area contributed by atoms with Crippen LogP contribution in [-0.2, 0) is 0 Å². The average molecular weight is 286 g/mol. The minimum Gasteiger partial charge on any atom is -0.236 e. The molecule has 0 nitrogen and oxygen atoms in total. The maximum Gasteiger partial charge on any atom is 0.154 e. The van der Waals surface area contributed by atoms with E-state index < -0.39 is 4.18 Å². The number of alkyl halides is 2. The van der Waals surface area contributed by atoms with Crippen molar-refractivity contribution in [2.75, 3.05) is 0 Å². The SMILES string of the molecule is CCCCCCC(CC)C(F)I. The number of rotatable bonds is 7. The number of unbranched alkanes of at least 4 members (excludes halogenated alkanes) is 3. The van der Waals surface area contributed by atoms with Gasteiger partial charge in [0.15, 0.2) is 4.18 Å². The van der Waals surface area contributed by atoms with E-state index in [1.165, 1.54) is 25.7 Å². The van der Waals surface area contributed by atoms with E-state index >= 15 is 0 Å². The van der Waals surface area contributed by atoms with Crippen molar-refractivity contribution in [2.45, 2.75) is 56.6 Å². The van der Waals surface area contributed by atoms with E-state index in [1.54, 1.807) is 0 Å². The molecule has 0 aliphatic heterocycles. The Kier molecular flexibility index (Phi) is 8.72. The van der Waals surface area contributed by atoms with Gasteiger partial charge in [-0.1, -0.05) is 39.5 Å². The van der Waals surface area contributed by atoms with Crippen molar-refractivity contribution in [3.63, 3.8) is 0 Å². The van der Waals surface area contributed by atoms with Crippen LogP contribution < -0.4 is 0 Å². The molecule has 0 saturated carbocycles. The number of halogens is 2. The molecule has 0 amide bonds. The summed E-state index contributed by atoms with van der Waals surface area (Å²) in [4.78, 5) is 0. The highest BCUT2D eigenvalue weighted by molar-refractivity contribution is 14.1. The van der Waals surface area contributed by atoms with Gasteiger partial charge in [-0.15, -0.1) is 0 Å². The zero-order chi connectivity index (χ0) is 9.40. The van der Waals surface area contributed by atoms with E-state index in [2.05, 4.69) is 13.8 Å². The Morgan fingerprint density at radius 1 is 1.17 bits per heavy atom. The second-order valence-electron chi connectivity index (χ2n) is 3.35. The Hall–Kier alpha value is 0.660. The third kappa shape index (κ3) is 6.21. The summed E-state index contributed by atoms with van der Waals surface area (Å²) >= 11 is 1.90. The molecule has 2 unspecified atom stereocenters. The van der Waals surface area contributed by atoms with E-state index in [0.29, 0.717) is 5.92 Å². The first-order valence-electron chi connectivity index (χ1n) is 5.00. The fourth-order valence-electron chi connectivity index (χ4n) is 1.34. The molecule has 2 atom stereocenters. The van der Waals surface area contributed by atoms with Crippen molar-refractivity contribution < 1.29 is 4.39 Å². The van der Waals surface area contributed by atoms with Gasteiger partial charge in [0.2, 0.25) is 0 Å². The van der Waals surface area contributed by atoms with Crippen LogP contribution in [0.25, 0.3) is 0 Å². The van der Waals surface area contributed by atoms with Gasteiger partial charge in [0.1, 0.15) is 0 Å². The van der Waals surface area contributed by atoms with E-state index in [-0.39, 0.29) is 0 Å². The van der Waals surface area contributed by atoms with Crippen molar-refractivity contribution in [2.24, 2.45) is 5.92 Å². The molecule has 0 bridgehead atoms. The highest BCUT2D eigenvalue weighted by Crippen LogP contribution is 2.24. The zero-order valence-electron chi connectivity index (χ0n) is 8.15. The van der Waals surface area contributed by atoms with Crippen LogP contribution in [0.3, 0.4) is 0 Å². The van der Waals surface area contributed by atoms with Crippen molar-refractivity contribution in [1.82, 2.24) is 0 Å². The standard InChI is InChI=1S/C10H20FI/c1-3-5-6-7-8-9(4-2)10(11)12/h9-10H,3-8H2,1-2H3. The molecular weight excluding hydrogens is 266 g/mol. The van der Waals surface area contributed by atoms with Gasteiger partial charge in [-0.25, -0.2) is 4.39 Å². The summed E-state index contributed by atoms with van der Waals surface area (Å²) in [5, 5.41) is 0. The quantitative estimate of drug-likeness (QED) is 0.361. The Morgan fingerprint density at radius 3 is 2.25 bits per heavy atom. The first-order chi connectivity index (χ1) is 5.72. The molecule has 0 aromatic carbocycles. The third-order valence-electron chi connectivity index (χ3n) is 2.31. The van der Waals surface area contributed by atoms with Crippen molar-refractivity contribution >= 4 is 22.6 Å². The summed E-state index contributed by atoms with van der Waals surface area (Å²) in [7, 11) is 0. The summed E-state index contributed by atoms with van der Waals surface area (Å²) in [5.41, 5.74) is 0. The first kappa shape index (κ1) is 12.7. The Bertz CT molecular complexity index is 93.8.